The number of anilines is 2. The van der Waals surface area contributed by atoms with Crippen LogP contribution in [0.1, 0.15) is 49.5 Å². The van der Waals surface area contributed by atoms with Crippen LogP contribution in [-0.4, -0.2) is 44.6 Å². The third kappa shape index (κ3) is 4.21. The molecule has 3 fully saturated rings. The molecular formula is C30H31F2N7O2. The number of carbonyl (C=O) groups is 1. The number of aromatic nitrogens is 4. The molecule has 0 radical (unpaired) electrons. The Labute approximate surface area is 234 Å². The number of carbonyl (C=O) groups excluding carboxylic acids is 1. The molecule has 2 aromatic heterocycles. The number of benzene rings is 2. The molecule has 2 aromatic carbocycles. The van der Waals surface area contributed by atoms with E-state index in [1.165, 1.54) is 25.0 Å². The Hall–Kier alpha value is -4.12. The first-order valence-electron chi connectivity index (χ1n) is 14.1. The highest BCUT2D eigenvalue weighted by molar-refractivity contribution is 6.08. The van der Waals surface area contributed by atoms with Gasteiger partial charge in [0.1, 0.15) is 11.4 Å². The van der Waals surface area contributed by atoms with E-state index < -0.39 is 28.8 Å². The van der Waals surface area contributed by atoms with Gasteiger partial charge in [0.05, 0.1) is 22.4 Å². The standard InChI is InChI=1S/C30H31F2N7O2/c1-17-14-37(16-22(17)33)27-19-15-38(30-11-9-18(13-30)10-12-30)35-23(19)5-6-24(27)34-29(41)25-7-8-26(40)39(36-25)28-20(31)3-2-4-21(28)32/h2-8,15,17-18,22H,9-14,16,33H2,1H3,(H,34,41)/t17-,18?,22+,30?/m1/s1. The number of rotatable bonds is 5. The molecule has 3 heterocycles. The van der Waals surface area contributed by atoms with Gasteiger partial charge in [0.15, 0.2) is 11.6 Å². The zero-order valence-corrected chi connectivity index (χ0v) is 22.7. The number of fused-ring (bicyclic) bond motifs is 3. The van der Waals surface area contributed by atoms with Crippen molar-refractivity contribution in [2.45, 2.75) is 50.6 Å². The first kappa shape index (κ1) is 25.8. The van der Waals surface area contributed by atoms with E-state index in [2.05, 4.69) is 33.1 Å². The second-order valence-electron chi connectivity index (χ2n) is 11.9. The molecule has 3 aliphatic rings. The van der Waals surface area contributed by atoms with E-state index in [1.54, 1.807) is 0 Å². The summed E-state index contributed by atoms with van der Waals surface area (Å²) in [4.78, 5) is 28.1. The topological polar surface area (TPSA) is 111 Å². The van der Waals surface area contributed by atoms with Gasteiger partial charge in [0.2, 0.25) is 0 Å². The molecule has 2 aliphatic carbocycles. The molecule has 1 amide bonds. The molecule has 0 unspecified atom stereocenters. The van der Waals surface area contributed by atoms with Crippen molar-refractivity contribution in [2.75, 3.05) is 23.3 Å². The Balaban J connectivity index is 1.28. The summed E-state index contributed by atoms with van der Waals surface area (Å²) in [6, 6.07) is 9.25. The van der Waals surface area contributed by atoms with Gasteiger partial charge in [-0.25, -0.2) is 8.78 Å². The largest absolute Gasteiger partial charge is 0.367 e. The number of hydrogen-bond acceptors (Lipinski definition) is 6. The molecular weight excluding hydrogens is 528 g/mol. The minimum atomic E-state index is -0.961. The molecule has 3 N–H and O–H groups in total. The molecule has 2 bridgehead atoms. The maximum Gasteiger partial charge on any atom is 0.276 e. The number of nitrogens with two attached hydrogens (primary N) is 1. The van der Waals surface area contributed by atoms with E-state index in [4.69, 9.17) is 10.8 Å². The number of nitrogens with one attached hydrogen (secondary N) is 1. The monoisotopic (exact) mass is 559 g/mol. The molecule has 1 aliphatic heterocycles. The second kappa shape index (κ2) is 9.47. The van der Waals surface area contributed by atoms with Crippen molar-refractivity contribution in [3.8, 4) is 5.69 Å². The van der Waals surface area contributed by atoms with Gasteiger partial charge in [-0.3, -0.25) is 14.3 Å². The molecule has 2 atom stereocenters. The van der Waals surface area contributed by atoms with Gasteiger partial charge < -0.3 is 16.0 Å². The van der Waals surface area contributed by atoms with Crippen molar-refractivity contribution in [1.82, 2.24) is 19.6 Å². The quantitative estimate of drug-likeness (QED) is 0.380. The van der Waals surface area contributed by atoms with Crippen LogP contribution in [0, 0.1) is 23.5 Å². The lowest BCUT2D eigenvalue weighted by Gasteiger charge is -2.27. The molecule has 7 rings (SSSR count). The first-order valence-corrected chi connectivity index (χ1v) is 14.1. The van der Waals surface area contributed by atoms with Crippen LogP contribution in [0.5, 0.6) is 0 Å². The van der Waals surface area contributed by atoms with Crippen molar-refractivity contribution in [3.05, 3.63) is 76.3 Å². The Morgan fingerprint density at radius 3 is 2.44 bits per heavy atom. The van der Waals surface area contributed by atoms with Crippen LogP contribution in [0.15, 0.2) is 53.5 Å². The fourth-order valence-electron chi connectivity index (χ4n) is 6.99. The number of amides is 1. The van der Waals surface area contributed by atoms with Gasteiger partial charge in [0.25, 0.3) is 11.5 Å². The van der Waals surface area contributed by atoms with Gasteiger partial charge in [-0.1, -0.05) is 13.0 Å². The molecule has 212 valence electrons. The molecule has 4 aromatic rings. The van der Waals surface area contributed by atoms with Gasteiger partial charge >= 0.3 is 0 Å². The van der Waals surface area contributed by atoms with E-state index >= 15 is 0 Å². The van der Waals surface area contributed by atoms with Gasteiger partial charge in [0, 0.05) is 36.8 Å². The first-order chi connectivity index (χ1) is 19.7. The van der Waals surface area contributed by atoms with E-state index in [1.807, 2.05) is 12.1 Å². The maximum absolute atomic E-state index is 14.4. The van der Waals surface area contributed by atoms with Crippen molar-refractivity contribution >= 4 is 28.2 Å². The van der Waals surface area contributed by atoms with Crippen molar-refractivity contribution < 1.29 is 13.6 Å². The summed E-state index contributed by atoms with van der Waals surface area (Å²) in [6.45, 7) is 3.45. The molecule has 0 spiro atoms. The Kier molecular flexibility index (Phi) is 5.97. The predicted molar refractivity (Wildman–Crippen MR) is 151 cm³/mol. The number of halogens is 2. The summed E-state index contributed by atoms with van der Waals surface area (Å²) in [5, 5.41) is 12.9. The average Bonchev–Trinajstić information content (AvgIpc) is 3.74. The number of hydrogen-bond donors (Lipinski definition) is 2. The molecule has 2 saturated carbocycles. The molecule has 41 heavy (non-hydrogen) atoms. The van der Waals surface area contributed by atoms with Crippen LogP contribution >= 0.6 is 0 Å². The predicted octanol–water partition coefficient (Wildman–Crippen LogP) is 4.19. The van der Waals surface area contributed by atoms with Crippen molar-refractivity contribution in [1.29, 1.82) is 0 Å². The summed E-state index contributed by atoms with van der Waals surface area (Å²) >= 11 is 0. The fraction of sp³-hybridized carbons (Fsp3) is 0.400. The highest BCUT2D eigenvalue weighted by Crippen LogP contribution is 2.53. The number of nitrogens with zero attached hydrogens (tertiary/aromatic N) is 5. The normalized spacial score (nSPS) is 25.4. The second-order valence-corrected chi connectivity index (χ2v) is 11.9. The average molecular weight is 560 g/mol. The van der Waals surface area contributed by atoms with E-state index in [-0.39, 0.29) is 23.2 Å². The van der Waals surface area contributed by atoms with Crippen LogP contribution in [0.4, 0.5) is 20.2 Å². The zero-order chi connectivity index (χ0) is 28.5. The number of para-hydroxylation sites is 1. The highest BCUT2D eigenvalue weighted by Gasteiger charge is 2.47. The Morgan fingerprint density at radius 2 is 1.78 bits per heavy atom. The summed E-state index contributed by atoms with van der Waals surface area (Å²) in [5.74, 6) is -1.52. The SMILES string of the molecule is C[C@@H]1CN(c2c(NC(=O)c3ccc(=O)n(-c4c(F)cccc4F)n3)ccc3nn(C45CCC(CC4)C5)cc23)C[C@@H]1N. The Bertz CT molecular complexity index is 1710. The van der Waals surface area contributed by atoms with Crippen LogP contribution in [-0.2, 0) is 5.54 Å². The summed E-state index contributed by atoms with van der Waals surface area (Å²) in [7, 11) is 0. The van der Waals surface area contributed by atoms with Gasteiger partial charge in [-0.2, -0.15) is 14.9 Å². The molecule has 11 heteroatoms. The van der Waals surface area contributed by atoms with E-state index in [9.17, 15) is 18.4 Å². The van der Waals surface area contributed by atoms with Crippen molar-refractivity contribution in [3.63, 3.8) is 0 Å². The van der Waals surface area contributed by atoms with Gasteiger partial charge in [-0.05, 0) is 74.3 Å². The Morgan fingerprint density at radius 1 is 1.02 bits per heavy atom. The zero-order valence-electron chi connectivity index (χ0n) is 22.7. The minimum Gasteiger partial charge on any atom is -0.367 e. The summed E-state index contributed by atoms with van der Waals surface area (Å²) in [6.07, 6.45) is 7.97. The van der Waals surface area contributed by atoms with Gasteiger partial charge in [-0.15, -0.1) is 0 Å². The van der Waals surface area contributed by atoms with E-state index in [0.717, 1.165) is 66.5 Å². The van der Waals surface area contributed by atoms with Crippen LogP contribution in [0.3, 0.4) is 0 Å². The minimum absolute atomic E-state index is 0.0197. The molecule has 1 saturated heterocycles. The van der Waals surface area contributed by atoms with Crippen molar-refractivity contribution in [2.24, 2.45) is 17.6 Å². The van der Waals surface area contributed by atoms with Crippen LogP contribution in [0.2, 0.25) is 0 Å². The highest BCUT2D eigenvalue weighted by atomic mass is 19.1. The third-order valence-electron chi connectivity index (χ3n) is 9.27. The lowest BCUT2D eigenvalue weighted by atomic mass is 9.94. The summed E-state index contributed by atoms with van der Waals surface area (Å²) < 4.78 is 31.6. The fourth-order valence-corrected chi connectivity index (χ4v) is 6.99. The third-order valence-corrected chi connectivity index (χ3v) is 9.27. The lowest BCUT2D eigenvalue weighted by molar-refractivity contribution is 0.102. The van der Waals surface area contributed by atoms with Crippen LogP contribution in [0.25, 0.3) is 16.6 Å². The molecule has 9 nitrogen and oxygen atoms in total. The maximum atomic E-state index is 14.4. The lowest BCUT2D eigenvalue weighted by Crippen LogP contribution is -2.29. The van der Waals surface area contributed by atoms with E-state index in [0.29, 0.717) is 16.9 Å². The van der Waals surface area contributed by atoms with Crippen LogP contribution < -0.4 is 21.5 Å². The smallest absolute Gasteiger partial charge is 0.276 e. The summed E-state index contributed by atoms with van der Waals surface area (Å²) in [5.41, 5.74) is 7.12.